The summed E-state index contributed by atoms with van der Waals surface area (Å²) in [6, 6.07) is 17.9. The minimum atomic E-state index is -0.00965. The van der Waals surface area contributed by atoms with E-state index in [-0.39, 0.29) is 11.9 Å². The van der Waals surface area contributed by atoms with Gasteiger partial charge in [-0.15, -0.1) is 0 Å². The number of nitrogens with one attached hydrogen (secondary N) is 1. The van der Waals surface area contributed by atoms with Crippen molar-refractivity contribution in [2.24, 2.45) is 0 Å². The standard InChI is InChI=1S/C19H23NO2/c1-15-8-11-18(12-9-15)22-14-16(2)20-19(21)13-10-17-6-4-3-5-7-17/h3-9,11-12,16H,10,13-14H2,1-2H3,(H,20,21)/t16-/m0/s1. The molecule has 2 aromatic rings. The zero-order valence-corrected chi connectivity index (χ0v) is 13.2. The van der Waals surface area contributed by atoms with Crippen LogP contribution in [0.5, 0.6) is 5.75 Å². The van der Waals surface area contributed by atoms with E-state index in [9.17, 15) is 4.79 Å². The van der Waals surface area contributed by atoms with Crippen LogP contribution in [0.25, 0.3) is 0 Å². The maximum absolute atomic E-state index is 11.9. The molecule has 0 aromatic heterocycles. The maximum Gasteiger partial charge on any atom is 0.220 e. The summed E-state index contributed by atoms with van der Waals surface area (Å²) in [4.78, 5) is 11.9. The van der Waals surface area contributed by atoms with Crippen molar-refractivity contribution in [3.8, 4) is 5.75 Å². The van der Waals surface area contributed by atoms with Crippen LogP contribution in [0.1, 0.15) is 24.5 Å². The third-order valence-corrected chi connectivity index (χ3v) is 3.41. The monoisotopic (exact) mass is 297 g/mol. The van der Waals surface area contributed by atoms with E-state index in [1.54, 1.807) is 0 Å². The van der Waals surface area contributed by atoms with Crippen LogP contribution in [-0.2, 0) is 11.2 Å². The molecule has 0 spiro atoms. The van der Waals surface area contributed by atoms with Gasteiger partial charge < -0.3 is 10.1 Å². The van der Waals surface area contributed by atoms with E-state index in [0.717, 1.165) is 12.2 Å². The van der Waals surface area contributed by atoms with Gasteiger partial charge in [-0.05, 0) is 38.0 Å². The first-order valence-electron chi connectivity index (χ1n) is 7.66. The predicted molar refractivity (Wildman–Crippen MR) is 89.0 cm³/mol. The Bertz CT molecular complexity index is 578. The van der Waals surface area contributed by atoms with Gasteiger partial charge in [0.1, 0.15) is 12.4 Å². The Balaban J connectivity index is 1.68. The topological polar surface area (TPSA) is 38.3 Å². The van der Waals surface area contributed by atoms with Gasteiger partial charge in [-0.2, -0.15) is 0 Å². The molecule has 2 rings (SSSR count). The molecular formula is C19H23NO2. The normalized spacial score (nSPS) is 11.7. The van der Waals surface area contributed by atoms with E-state index >= 15 is 0 Å². The fourth-order valence-corrected chi connectivity index (χ4v) is 2.15. The van der Waals surface area contributed by atoms with Crippen LogP contribution in [0.2, 0.25) is 0 Å². The van der Waals surface area contributed by atoms with Crippen LogP contribution in [0.15, 0.2) is 54.6 Å². The molecule has 1 amide bonds. The van der Waals surface area contributed by atoms with E-state index in [0.29, 0.717) is 13.0 Å². The summed E-state index contributed by atoms with van der Waals surface area (Å²) in [5, 5.41) is 2.97. The van der Waals surface area contributed by atoms with Crippen LogP contribution < -0.4 is 10.1 Å². The van der Waals surface area contributed by atoms with Gasteiger partial charge in [0.25, 0.3) is 0 Å². The third kappa shape index (κ3) is 5.60. The van der Waals surface area contributed by atoms with Crippen molar-refractivity contribution in [2.45, 2.75) is 32.7 Å². The van der Waals surface area contributed by atoms with Gasteiger partial charge in [-0.25, -0.2) is 0 Å². The number of carbonyl (C=O) groups is 1. The Labute approximate surface area is 132 Å². The highest BCUT2D eigenvalue weighted by atomic mass is 16.5. The molecule has 0 bridgehead atoms. The number of hydrogen-bond donors (Lipinski definition) is 1. The zero-order valence-electron chi connectivity index (χ0n) is 13.2. The molecule has 0 unspecified atom stereocenters. The van der Waals surface area contributed by atoms with Gasteiger partial charge >= 0.3 is 0 Å². The Morgan fingerprint density at radius 1 is 1.09 bits per heavy atom. The number of ether oxygens (including phenoxy) is 1. The molecule has 22 heavy (non-hydrogen) atoms. The van der Waals surface area contributed by atoms with Crippen LogP contribution in [-0.4, -0.2) is 18.6 Å². The van der Waals surface area contributed by atoms with Crippen molar-refractivity contribution in [1.82, 2.24) is 5.32 Å². The van der Waals surface area contributed by atoms with Gasteiger partial charge in [0, 0.05) is 6.42 Å². The second kappa shape index (κ2) is 8.23. The molecular weight excluding hydrogens is 274 g/mol. The largest absolute Gasteiger partial charge is 0.491 e. The summed E-state index contributed by atoms with van der Waals surface area (Å²) in [6.07, 6.45) is 1.26. The lowest BCUT2D eigenvalue weighted by molar-refractivity contribution is -0.121. The Kier molecular flexibility index (Phi) is 6.01. The molecule has 0 aliphatic rings. The summed E-state index contributed by atoms with van der Waals surface area (Å²) >= 11 is 0. The van der Waals surface area contributed by atoms with Crippen LogP contribution in [0.4, 0.5) is 0 Å². The molecule has 0 radical (unpaired) electrons. The van der Waals surface area contributed by atoms with Gasteiger partial charge in [0.05, 0.1) is 6.04 Å². The minimum absolute atomic E-state index is 0.00965. The Morgan fingerprint density at radius 2 is 1.77 bits per heavy atom. The Morgan fingerprint density at radius 3 is 2.45 bits per heavy atom. The SMILES string of the molecule is Cc1ccc(OC[C@H](C)NC(=O)CCc2ccccc2)cc1. The van der Waals surface area contributed by atoms with Crippen molar-refractivity contribution in [3.05, 3.63) is 65.7 Å². The molecule has 1 N–H and O–H groups in total. The van der Waals surface area contributed by atoms with Crippen LogP contribution in [0.3, 0.4) is 0 Å². The second-order valence-corrected chi connectivity index (χ2v) is 5.58. The van der Waals surface area contributed by atoms with Crippen LogP contribution >= 0.6 is 0 Å². The highest BCUT2D eigenvalue weighted by Crippen LogP contribution is 2.11. The average molecular weight is 297 g/mol. The van der Waals surface area contributed by atoms with E-state index in [1.165, 1.54) is 11.1 Å². The van der Waals surface area contributed by atoms with Crippen molar-refractivity contribution >= 4 is 5.91 Å². The van der Waals surface area contributed by atoms with E-state index < -0.39 is 0 Å². The maximum atomic E-state index is 11.9. The van der Waals surface area contributed by atoms with Crippen molar-refractivity contribution in [2.75, 3.05) is 6.61 Å². The highest BCUT2D eigenvalue weighted by Gasteiger charge is 2.08. The van der Waals surface area contributed by atoms with E-state index in [2.05, 4.69) is 5.32 Å². The smallest absolute Gasteiger partial charge is 0.220 e. The highest BCUT2D eigenvalue weighted by molar-refractivity contribution is 5.76. The quantitative estimate of drug-likeness (QED) is 0.849. The first-order valence-corrected chi connectivity index (χ1v) is 7.66. The molecule has 3 nitrogen and oxygen atoms in total. The van der Waals surface area contributed by atoms with Gasteiger partial charge in [-0.3, -0.25) is 4.79 Å². The lowest BCUT2D eigenvalue weighted by Crippen LogP contribution is -2.36. The second-order valence-electron chi connectivity index (χ2n) is 5.58. The summed E-state index contributed by atoms with van der Waals surface area (Å²) in [6.45, 7) is 4.47. The van der Waals surface area contributed by atoms with Crippen molar-refractivity contribution < 1.29 is 9.53 Å². The number of rotatable bonds is 7. The predicted octanol–water partition coefficient (Wildman–Crippen LogP) is 3.51. The summed E-state index contributed by atoms with van der Waals surface area (Å²) in [7, 11) is 0. The first kappa shape index (κ1) is 16.1. The molecule has 0 aliphatic carbocycles. The van der Waals surface area contributed by atoms with Crippen molar-refractivity contribution in [3.63, 3.8) is 0 Å². The molecule has 0 saturated heterocycles. The molecule has 0 heterocycles. The number of amides is 1. The number of carbonyl (C=O) groups excluding carboxylic acids is 1. The number of hydrogen-bond acceptors (Lipinski definition) is 2. The molecule has 0 saturated carbocycles. The third-order valence-electron chi connectivity index (χ3n) is 3.41. The minimum Gasteiger partial charge on any atom is -0.491 e. The lowest BCUT2D eigenvalue weighted by atomic mass is 10.1. The molecule has 116 valence electrons. The molecule has 3 heteroatoms. The average Bonchev–Trinajstić information content (AvgIpc) is 2.53. The first-order chi connectivity index (χ1) is 10.6. The summed E-state index contributed by atoms with van der Waals surface area (Å²) in [5.41, 5.74) is 2.39. The molecule has 0 aliphatic heterocycles. The number of aryl methyl sites for hydroxylation is 2. The van der Waals surface area contributed by atoms with Crippen molar-refractivity contribution in [1.29, 1.82) is 0 Å². The summed E-state index contributed by atoms with van der Waals surface area (Å²) < 4.78 is 5.67. The molecule has 1 atom stereocenters. The zero-order chi connectivity index (χ0) is 15.8. The van der Waals surface area contributed by atoms with E-state index in [1.807, 2.05) is 68.4 Å². The van der Waals surface area contributed by atoms with Gasteiger partial charge in [0.15, 0.2) is 0 Å². The van der Waals surface area contributed by atoms with E-state index in [4.69, 9.17) is 4.74 Å². The molecule has 2 aromatic carbocycles. The Hall–Kier alpha value is -2.29. The van der Waals surface area contributed by atoms with Gasteiger partial charge in [0.2, 0.25) is 5.91 Å². The number of benzene rings is 2. The summed E-state index contributed by atoms with van der Waals surface area (Å²) in [5.74, 6) is 0.889. The van der Waals surface area contributed by atoms with Gasteiger partial charge in [-0.1, -0.05) is 48.0 Å². The van der Waals surface area contributed by atoms with Crippen LogP contribution in [0, 0.1) is 6.92 Å². The fraction of sp³-hybridized carbons (Fsp3) is 0.316. The molecule has 0 fully saturated rings. The fourth-order valence-electron chi connectivity index (χ4n) is 2.15. The lowest BCUT2D eigenvalue weighted by Gasteiger charge is -2.15.